The highest BCUT2D eigenvalue weighted by molar-refractivity contribution is 9.10. The summed E-state index contributed by atoms with van der Waals surface area (Å²) in [4.78, 5) is 11.9. The minimum atomic E-state index is -0.0472. The molecule has 0 aromatic heterocycles. The quantitative estimate of drug-likeness (QED) is 0.866. The fourth-order valence-corrected chi connectivity index (χ4v) is 2.43. The Morgan fingerprint density at radius 1 is 1.14 bits per heavy atom. The Kier molecular flexibility index (Phi) is 5.39. The van der Waals surface area contributed by atoms with Gasteiger partial charge in [0.2, 0.25) is 5.91 Å². The Hall–Kier alpha value is -1.81. The molecule has 21 heavy (non-hydrogen) atoms. The minimum Gasteiger partial charge on any atom is -0.493 e. The first kappa shape index (κ1) is 15.6. The minimum absolute atomic E-state index is 0.0472. The number of hydrogen-bond acceptors (Lipinski definition) is 2. The van der Waals surface area contributed by atoms with Gasteiger partial charge in [-0.2, -0.15) is 0 Å². The Morgan fingerprint density at radius 2 is 1.90 bits per heavy atom. The molecule has 0 bridgehead atoms. The lowest BCUT2D eigenvalue weighted by molar-refractivity contribution is -0.116. The van der Waals surface area contributed by atoms with Crippen molar-refractivity contribution in [2.24, 2.45) is 0 Å². The van der Waals surface area contributed by atoms with Crippen molar-refractivity contribution in [3.05, 3.63) is 58.1 Å². The smallest absolute Gasteiger partial charge is 0.227 e. The number of para-hydroxylation sites is 1. The molecule has 0 saturated heterocycles. The number of aryl methyl sites for hydroxylation is 2. The van der Waals surface area contributed by atoms with E-state index >= 15 is 0 Å². The second-order valence-electron chi connectivity index (χ2n) is 4.87. The molecule has 0 fully saturated rings. The second kappa shape index (κ2) is 7.27. The van der Waals surface area contributed by atoms with Crippen LogP contribution in [-0.2, 0) is 4.79 Å². The van der Waals surface area contributed by atoms with Crippen LogP contribution in [0.3, 0.4) is 0 Å². The van der Waals surface area contributed by atoms with E-state index in [9.17, 15) is 4.79 Å². The fourth-order valence-electron chi connectivity index (χ4n) is 1.95. The van der Waals surface area contributed by atoms with Gasteiger partial charge in [0.15, 0.2) is 0 Å². The predicted octanol–water partition coefficient (Wildman–Crippen LogP) is 4.47. The Bertz CT molecular complexity index is 640. The highest BCUT2D eigenvalue weighted by Crippen LogP contribution is 2.20. The lowest BCUT2D eigenvalue weighted by Gasteiger charge is -2.10. The summed E-state index contributed by atoms with van der Waals surface area (Å²) in [5.41, 5.74) is 2.93. The third-order valence-corrected chi connectivity index (χ3v) is 3.64. The normalized spacial score (nSPS) is 10.2. The molecule has 1 amide bonds. The molecule has 0 aliphatic rings. The number of hydrogen-bond donors (Lipinski definition) is 1. The van der Waals surface area contributed by atoms with Crippen molar-refractivity contribution < 1.29 is 9.53 Å². The SMILES string of the molecule is Cc1cc(Br)ccc1NC(=O)CCOc1ccccc1C. The molecule has 1 N–H and O–H groups in total. The summed E-state index contributed by atoms with van der Waals surface area (Å²) in [5.74, 6) is 0.777. The second-order valence-corrected chi connectivity index (χ2v) is 5.79. The van der Waals surface area contributed by atoms with Crippen LogP contribution in [0.25, 0.3) is 0 Å². The van der Waals surface area contributed by atoms with E-state index in [0.29, 0.717) is 13.0 Å². The highest BCUT2D eigenvalue weighted by Gasteiger charge is 2.06. The first-order valence-corrected chi connectivity index (χ1v) is 7.60. The number of nitrogens with one attached hydrogen (secondary N) is 1. The Balaban J connectivity index is 1.84. The number of benzene rings is 2. The number of ether oxygens (including phenoxy) is 1. The van der Waals surface area contributed by atoms with E-state index in [1.54, 1.807) is 0 Å². The van der Waals surface area contributed by atoms with Crippen LogP contribution in [0.1, 0.15) is 17.5 Å². The van der Waals surface area contributed by atoms with E-state index < -0.39 is 0 Å². The van der Waals surface area contributed by atoms with Crippen LogP contribution in [0, 0.1) is 13.8 Å². The largest absolute Gasteiger partial charge is 0.493 e. The lowest BCUT2D eigenvalue weighted by atomic mass is 10.2. The molecular weight excluding hydrogens is 330 g/mol. The van der Waals surface area contributed by atoms with Crippen molar-refractivity contribution >= 4 is 27.5 Å². The van der Waals surface area contributed by atoms with Crippen LogP contribution < -0.4 is 10.1 Å². The van der Waals surface area contributed by atoms with E-state index in [4.69, 9.17) is 4.74 Å². The molecule has 0 radical (unpaired) electrons. The van der Waals surface area contributed by atoms with E-state index in [0.717, 1.165) is 27.0 Å². The fraction of sp³-hybridized carbons (Fsp3) is 0.235. The number of amides is 1. The van der Waals surface area contributed by atoms with Crippen molar-refractivity contribution in [1.29, 1.82) is 0 Å². The summed E-state index contributed by atoms with van der Waals surface area (Å²) in [7, 11) is 0. The summed E-state index contributed by atoms with van der Waals surface area (Å²) in [5, 5.41) is 2.90. The van der Waals surface area contributed by atoms with Gasteiger partial charge in [-0.3, -0.25) is 4.79 Å². The van der Waals surface area contributed by atoms with Crippen molar-refractivity contribution in [1.82, 2.24) is 0 Å². The molecule has 2 aromatic carbocycles. The van der Waals surface area contributed by atoms with Gasteiger partial charge in [0.25, 0.3) is 0 Å². The van der Waals surface area contributed by atoms with Crippen LogP contribution in [0.2, 0.25) is 0 Å². The summed E-state index contributed by atoms with van der Waals surface area (Å²) in [6, 6.07) is 13.6. The average Bonchev–Trinajstić information content (AvgIpc) is 2.44. The zero-order chi connectivity index (χ0) is 15.2. The summed E-state index contributed by atoms with van der Waals surface area (Å²) >= 11 is 3.40. The topological polar surface area (TPSA) is 38.3 Å². The van der Waals surface area contributed by atoms with E-state index in [1.165, 1.54) is 0 Å². The number of carbonyl (C=O) groups is 1. The number of carbonyl (C=O) groups excluding carboxylic acids is 1. The van der Waals surface area contributed by atoms with E-state index in [2.05, 4.69) is 21.2 Å². The molecule has 2 rings (SSSR count). The van der Waals surface area contributed by atoms with Gasteiger partial charge in [-0.1, -0.05) is 34.1 Å². The van der Waals surface area contributed by atoms with Gasteiger partial charge in [-0.15, -0.1) is 0 Å². The molecule has 0 aliphatic heterocycles. The molecule has 4 heteroatoms. The zero-order valence-corrected chi connectivity index (χ0v) is 13.7. The molecule has 2 aromatic rings. The van der Waals surface area contributed by atoms with E-state index in [-0.39, 0.29) is 5.91 Å². The molecule has 0 heterocycles. The van der Waals surface area contributed by atoms with Crippen LogP contribution in [-0.4, -0.2) is 12.5 Å². The summed E-state index contributed by atoms with van der Waals surface area (Å²) in [6.45, 7) is 4.32. The van der Waals surface area contributed by atoms with Crippen LogP contribution in [0.15, 0.2) is 46.9 Å². The third kappa shape index (κ3) is 4.60. The van der Waals surface area contributed by atoms with Crippen molar-refractivity contribution in [3.63, 3.8) is 0 Å². The van der Waals surface area contributed by atoms with Crippen molar-refractivity contribution in [2.75, 3.05) is 11.9 Å². The number of anilines is 1. The Morgan fingerprint density at radius 3 is 2.62 bits per heavy atom. The molecule has 0 saturated carbocycles. The standard InChI is InChI=1S/C17H18BrNO2/c1-12-5-3-4-6-16(12)21-10-9-17(20)19-15-8-7-14(18)11-13(15)2/h3-8,11H,9-10H2,1-2H3,(H,19,20). The van der Waals surface area contributed by atoms with Gasteiger partial charge in [0.05, 0.1) is 13.0 Å². The van der Waals surface area contributed by atoms with Gasteiger partial charge in [0, 0.05) is 10.2 Å². The van der Waals surface area contributed by atoms with Crippen LogP contribution in [0.5, 0.6) is 5.75 Å². The van der Waals surface area contributed by atoms with E-state index in [1.807, 2.05) is 56.3 Å². The number of rotatable bonds is 5. The predicted molar refractivity (Wildman–Crippen MR) is 88.8 cm³/mol. The average molecular weight is 348 g/mol. The first-order chi connectivity index (χ1) is 10.1. The van der Waals surface area contributed by atoms with Crippen LogP contribution in [0.4, 0.5) is 5.69 Å². The summed E-state index contributed by atoms with van der Waals surface area (Å²) in [6.07, 6.45) is 0.323. The molecular formula is C17H18BrNO2. The first-order valence-electron chi connectivity index (χ1n) is 6.80. The molecule has 110 valence electrons. The van der Waals surface area contributed by atoms with Gasteiger partial charge < -0.3 is 10.1 Å². The van der Waals surface area contributed by atoms with Gasteiger partial charge >= 0.3 is 0 Å². The lowest BCUT2D eigenvalue weighted by Crippen LogP contribution is -2.16. The van der Waals surface area contributed by atoms with Gasteiger partial charge in [-0.05, 0) is 49.2 Å². The molecule has 0 unspecified atom stereocenters. The molecule has 0 atom stereocenters. The highest BCUT2D eigenvalue weighted by atomic mass is 79.9. The maximum Gasteiger partial charge on any atom is 0.227 e. The Labute approximate surface area is 133 Å². The van der Waals surface area contributed by atoms with Gasteiger partial charge in [0.1, 0.15) is 5.75 Å². The molecule has 0 spiro atoms. The molecule has 0 aliphatic carbocycles. The van der Waals surface area contributed by atoms with Crippen molar-refractivity contribution in [3.8, 4) is 5.75 Å². The summed E-state index contributed by atoms with van der Waals surface area (Å²) < 4.78 is 6.63. The maximum atomic E-state index is 11.9. The monoisotopic (exact) mass is 347 g/mol. The van der Waals surface area contributed by atoms with Gasteiger partial charge in [-0.25, -0.2) is 0 Å². The maximum absolute atomic E-state index is 11.9. The molecule has 3 nitrogen and oxygen atoms in total. The third-order valence-electron chi connectivity index (χ3n) is 3.14. The van der Waals surface area contributed by atoms with Crippen LogP contribution >= 0.6 is 15.9 Å². The number of halogens is 1. The van der Waals surface area contributed by atoms with Crippen molar-refractivity contribution in [2.45, 2.75) is 20.3 Å². The zero-order valence-electron chi connectivity index (χ0n) is 12.2.